The zero-order valence-corrected chi connectivity index (χ0v) is 17.7. The molecule has 1 aromatic carbocycles. The number of nitrogens with zero attached hydrogens (tertiary/aromatic N) is 2. The van der Waals surface area contributed by atoms with Crippen LogP contribution in [0, 0.1) is 0 Å². The molecule has 1 aliphatic carbocycles. The van der Waals surface area contributed by atoms with E-state index in [0.717, 1.165) is 19.3 Å². The van der Waals surface area contributed by atoms with Gasteiger partial charge in [-0.1, -0.05) is 35.5 Å². The van der Waals surface area contributed by atoms with Gasteiger partial charge in [-0.05, 0) is 65.0 Å². The summed E-state index contributed by atoms with van der Waals surface area (Å²) in [6.45, 7) is 6.46. The summed E-state index contributed by atoms with van der Waals surface area (Å²) in [6.07, 6.45) is 8.09. The van der Waals surface area contributed by atoms with Crippen LogP contribution in [0.1, 0.15) is 58.9 Å². The van der Waals surface area contributed by atoms with Crippen LogP contribution in [-0.2, 0) is 4.79 Å². The van der Waals surface area contributed by atoms with Crippen LogP contribution in [0.25, 0.3) is 10.9 Å². The molecule has 1 amide bonds. The summed E-state index contributed by atoms with van der Waals surface area (Å²) in [6, 6.07) is 7.34. The summed E-state index contributed by atoms with van der Waals surface area (Å²) in [4.78, 5) is 30.1. The molecule has 2 aromatic rings. The first kappa shape index (κ1) is 20.6. The maximum atomic E-state index is 12.9. The van der Waals surface area contributed by atoms with Gasteiger partial charge in [0.05, 0.1) is 16.2 Å². The highest BCUT2D eigenvalue weighted by molar-refractivity contribution is 8.00. The van der Waals surface area contributed by atoms with Crippen molar-refractivity contribution in [1.29, 1.82) is 0 Å². The third-order valence-electron chi connectivity index (χ3n) is 5.07. The molecule has 1 atom stereocenters. The zero-order chi connectivity index (χ0) is 20.1. The molecule has 28 heavy (non-hydrogen) atoms. The second-order valence-corrected chi connectivity index (χ2v) is 8.90. The molecule has 0 bridgehead atoms. The van der Waals surface area contributed by atoms with Crippen LogP contribution in [0.5, 0.6) is 0 Å². The molecule has 0 unspecified atom stereocenters. The number of aromatic nitrogens is 2. The van der Waals surface area contributed by atoms with Crippen LogP contribution in [0.15, 0.2) is 45.9 Å². The first-order valence-electron chi connectivity index (χ1n) is 10.1. The monoisotopic (exact) mass is 399 g/mol. The molecule has 1 aromatic heterocycles. The Labute approximate surface area is 170 Å². The lowest BCUT2D eigenvalue weighted by Gasteiger charge is -2.19. The van der Waals surface area contributed by atoms with Crippen LogP contribution in [0.4, 0.5) is 0 Å². The van der Waals surface area contributed by atoms with E-state index in [9.17, 15) is 9.59 Å². The van der Waals surface area contributed by atoms with E-state index in [2.05, 4.69) is 16.4 Å². The Kier molecular flexibility index (Phi) is 6.94. The first-order chi connectivity index (χ1) is 13.5. The van der Waals surface area contributed by atoms with Crippen molar-refractivity contribution < 1.29 is 4.79 Å². The molecule has 0 saturated carbocycles. The minimum absolute atomic E-state index is 0.0147. The number of amides is 1. The van der Waals surface area contributed by atoms with Crippen molar-refractivity contribution in [3.8, 4) is 0 Å². The Bertz CT molecular complexity index is 933. The third-order valence-corrected chi connectivity index (χ3v) is 6.14. The summed E-state index contributed by atoms with van der Waals surface area (Å²) in [5, 5.41) is 3.92. The van der Waals surface area contributed by atoms with E-state index >= 15 is 0 Å². The van der Waals surface area contributed by atoms with E-state index < -0.39 is 0 Å². The van der Waals surface area contributed by atoms with Crippen molar-refractivity contribution in [2.24, 2.45) is 0 Å². The number of thioether (sulfide) groups is 1. The van der Waals surface area contributed by atoms with Crippen LogP contribution in [-0.4, -0.2) is 27.3 Å². The predicted octanol–water partition coefficient (Wildman–Crippen LogP) is 4.46. The number of carbonyl (C=O) groups is 1. The maximum Gasteiger partial charge on any atom is 0.262 e. The number of allylic oxidation sites excluding steroid dienone is 1. The van der Waals surface area contributed by atoms with E-state index in [1.807, 2.05) is 39.0 Å². The minimum Gasteiger partial charge on any atom is -0.355 e. The SMILES string of the molecule is CC(C)n1c(S[C@@H](C)C(=O)NCCC2=CCCCC2)nc2ccccc2c1=O. The first-order valence-corrected chi connectivity index (χ1v) is 11.0. The molecule has 3 rings (SSSR count). The molecule has 0 aliphatic heterocycles. The number of fused-ring (bicyclic) bond motifs is 1. The Balaban J connectivity index is 1.70. The molecular weight excluding hydrogens is 370 g/mol. The Morgan fingerprint density at radius 2 is 2.04 bits per heavy atom. The highest BCUT2D eigenvalue weighted by Crippen LogP contribution is 2.25. The molecule has 1 aliphatic rings. The predicted molar refractivity (Wildman–Crippen MR) is 116 cm³/mol. The zero-order valence-electron chi connectivity index (χ0n) is 16.9. The number of benzene rings is 1. The van der Waals surface area contributed by atoms with E-state index in [4.69, 9.17) is 0 Å². The molecule has 1 N–H and O–H groups in total. The fraction of sp³-hybridized carbons (Fsp3) is 0.500. The molecule has 150 valence electrons. The lowest BCUT2D eigenvalue weighted by Crippen LogP contribution is -2.33. The third kappa shape index (κ3) is 4.85. The molecule has 0 spiro atoms. The Morgan fingerprint density at radius 1 is 1.25 bits per heavy atom. The number of hydrogen-bond donors (Lipinski definition) is 1. The van der Waals surface area contributed by atoms with Gasteiger partial charge in [0.2, 0.25) is 5.91 Å². The lowest BCUT2D eigenvalue weighted by molar-refractivity contribution is -0.120. The quantitative estimate of drug-likeness (QED) is 0.424. The van der Waals surface area contributed by atoms with Gasteiger partial charge in [0.15, 0.2) is 5.16 Å². The van der Waals surface area contributed by atoms with Gasteiger partial charge >= 0.3 is 0 Å². The molecular formula is C22H29N3O2S. The van der Waals surface area contributed by atoms with Gasteiger partial charge in [0, 0.05) is 12.6 Å². The smallest absolute Gasteiger partial charge is 0.262 e. The van der Waals surface area contributed by atoms with Gasteiger partial charge in [-0.15, -0.1) is 0 Å². The molecule has 5 nitrogen and oxygen atoms in total. The van der Waals surface area contributed by atoms with E-state index in [0.29, 0.717) is 22.6 Å². The highest BCUT2D eigenvalue weighted by atomic mass is 32.2. The molecule has 0 saturated heterocycles. The van der Waals surface area contributed by atoms with Gasteiger partial charge in [-0.3, -0.25) is 14.2 Å². The van der Waals surface area contributed by atoms with Crippen molar-refractivity contribution in [2.45, 2.75) is 69.3 Å². The molecule has 1 heterocycles. The fourth-order valence-electron chi connectivity index (χ4n) is 3.50. The van der Waals surface area contributed by atoms with Gasteiger partial charge in [0.25, 0.3) is 5.56 Å². The normalized spacial score (nSPS) is 15.5. The second-order valence-electron chi connectivity index (χ2n) is 7.59. The lowest BCUT2D eigenvalue weighted by atomic mass is 9.97. The average Bonchev–Trinajstić information content (AvgIpc) is 2.68. The summed E-state index contributed by atoms with van der Waals surface area (Å²) in [5.41, 5.74) is 2.07. The molecule has 6 heteroatoms. The number of nitrogens with one attached hydrogen (secondary N) is 1. The van der Waals surface area contributed by atoms with E-state index in [1.165, 1.54) is 30.2 Å². The topological polar surface area (TPSA) is 64.0 Å². The van der Waals surface area contributed by atoms with E-state index in [-0.39, 0.29) is 22.8 Å². The van der Waals surface area contributed by atoms with Crippen LogP contribution >= 0.6 is 11.8 Å². The van der Waals surface area contributed by atoms with Crippen LogP contribution < -0.4 is 10.9 Å². The van der Waals surface area contributed by atoms with Gasteiger partial charge in [0.1, 0.15) is 0 Å². The van der Waals surface area contributed by atoms with Crippen molar-refractivity contribution in [3.05, 3.63) is 46.3 Å². The van der Waals surface area contributed by atoms with Gasteiger partial charge in [-0.25, -0.2) is 4.98 Å². The van der Waals surface area contributed by atoms with Crippen molar-refractivity contribution >= 4 is 28.6 Å². The number of para-hydroxylation sites is 1. The molecule has 0 radical (unpaired) electrons. The van der Waals surface area contributed by atoms with Crippen LogP contribution in [0.3, 0.4) is 0 Å². The molecule has 0 fully saturated rings. The average molecular weight is 400 g/mol. The van der Waals surface area contributed by atoms with Gasteiger partial charge < -0.3 is 5.32 Å². The summed E-state index contributed by atoms with van der Waals surface area (Å²) < 4.78 is 1.68. The minimum atomic E-state index is -0.321. The summed E-state index contributed by atoms with van der Waals surface area (Å²) in [5.74, 6) is -0.0147. The van der Waals surface area contributed by atoms with Gasteiger partial charge in [-0.2, -0.15) is 0 Å². The fourth-order valence-corrected chi connectivity index (χ4v) is 4.56. The highest BCUT2D eigenvalue weighted by Gasteiger charge is 2.20. The second kappa shape index (κ2) is 9.41. The van der Waals surface area contributed by atoms with Crippen LogP contribution in [0.2, 0.25) is 0 Å². The van der Waals surface area contributed by atoms with Crippen molar-refractivity contribution in [3.63, 3.8) is 0 Å². The Morgan fingerprint density at radius 3 is 2.75 bits per heavy atom. The number of carbonyl (C=O) groups excluding carboxylic acids is 1. The van der Waals surface area contributed by atoms with Crippen molar-refractivity contribution in [2.75, 3.05) is 6.54 Å². The summed E-state index contributed by atoms with van der Waals surface area (Å²) >= 11 is 1.35. The standard InChI is InChI=1S/C22H29N3O2S/c1-15(2)25-21(27)18-11-7-8-12-19(18)24-22(25)28-16(3)20(26)23-14-13-17-9-5-4-6-10-17/h7-9,11-12,15-16H,4-6,10,13-14H2,1-3H3,(H,23,26)/t16-/m0/s1. The Hall–Kier alpha value is -2.08. The largest absolute Gasteiger partial charge is 0.355 e. The number of rotatable bonds is 7. The maximum absolute atomic E-state index is 12.9. The summed E-state index contributed by atoms with van der Waals surface area (Å²) in [7, 11) is 0. The number of hydrogen-bond acceptors (Lipinski definition) is 4. The van der Waals surface area contributed by atoms with Crippen molar-refractivity contribution in [1.82, 2.24) is 14.9 Å². The van der Waals surface area contributed by atoms with E-state index in [1.54, 1.807) is 10.6 Å².